The molecule has 134 valence electrons. The van der Waals surface area contributed by atoms with Crippen molar-refractivity contribution in [1.29, 1.82) is 0 Å². The number of aryl methyl sites for hydroxylation is 1. The zero-order valence-corrected chi connectivity index (χ0v) is 14.4. The van der Waals surface area contributed by atoms with Crippen molar-refractivity contribution >= 4 is 34.5 Å². The van der Waals surface area contributed by atoms with Gasteiger partial charge in [0.25, 0.3) is 11.8 Å². The van der Waals surface area contributed by atoms with Crippen LogP contribution < -0.4 is 10.6 Å². The van der Waals surface area contributed by atoms with Crippen LogP contribution in [0.25, 0.3) is 11.0 Å². The van der Waals surface area contributed by atoms with Crippen molar-refractivity contribution in [2.24, 2.45) is 5.73 Å². The Kier molecular flexibility index (Phi) is 3.92. The summed E-state index contributed by atoms with van der Waals surface area (Å²) in [5.41, 5.74) is 8.25. The highest BCUT2D eigenvalue weighted by molar-refractivity contribution is 6.14. The number of carbonyl (C=O) groups is 2. The molecule has 4 N–H and O–H groups in total. The molecule has 0 unspecified atom stereocenters. The number of nitrogens with two attached hydrogens (primary N) is 1. The van der Waals surface area contributed by atoms with Gasteiger partial charge in [-0.05, 0) is 30.7 Å². The maximum absolute atomic E-state index is 13.3. The lowest BCUT2D eigenvalue weighted by molar-refractivity contribution is 0.0961. The predicted octanol–water partition coefficient (Wildman–Crippen LogP) is 2.67. The molecule has 0 aliphatic carbocycles. The number of para-hydroxylation sites is 3. The number of H-pyrrole nitrogens is 2. The molecule has 0 saturated heterocycles. The summed E-state index contributed by atoms with van der Waals surface area (Å²) in [5.74, 6) is -0.941. The molecule has 0 atom stereocenters. The molecule has 0 spiro atoms. The summed E-state index contributed by atoms with van der Waals surface area (Å²) in [6.45, 7) is 1.89. The molecule has 8 nitrogen and oxygen atoms in total. The molecular formula is C19H16N6O2. The van der Waals surface area contributed by atoms with Crippen molar-refractivity contribution < 1.29 is 9.59 Å². The van der Waals surface area contributed by atoms with Crippen LogP contribution in [-0.2, 0) is 0 Å². The first-order valence-electron chi connectivity index (χ1n) is 8.24. The van der Waals surface area contributed by atoms with Crippen LogP contribution in [0, 0.1) is 6.92 Å². The zero-order valence-electron chi connectivity index (χ0n) is 14.4. The number of nitrogens with one attached hydrogen (secondary N) is 2. The Bertz CT molecular complexity index is 1130. The minimum Gasteiger partial charge on any atom is -0.364 e. The lowest BCUT2D eigenvalue weighted by atomic mass is 10.1. The lowest BCUT2D eigenvalue weighted by Gasteiger charge is -2.21. The molecule has 0 fully saturated rings. The first-order chi connectivity index (χ1) is 13.1. The predicted molar refractivity (Wildman–Crippen MR) is 101 cm³/mol. The number of aromatic amines is 2. The molecule has 2 amide bonds. The van der Waals surface area contributed by atoms with Crippen LogP contribution in [0.2, 0.25) is 0 Å². The summed E-state index contributed by atoms with van der Waals surface area (Å²) in [5, 5.41) is 0. The van der Waals surface area contributed by atoms with Gasteiger partial charge >= 0.3 is 0 Å². The van der Waals surface area contributed by atoms with Crippen LogP contribution in [-0.4, -0.2) is 31.8 Å². The molecule has 0 saturated carbocycles. The molecule has 0 radical (unpaired) electrons. The Morgan fingerprint density at radius 2 is 1.81 bits per heavy atom. The summed E-state index contributed by atoms with van der Waals surface area (Å²) in [6, 6.07) is 14.9. The van der Waals surface area contributed by atoms with E-state index in [0.29, 0.717) is 11.6 Å². The molecule has 27 heavy (non-hydrogen) atoms. The fraction of sp³-hybridized carbons (Fsp3) is 0.0526. The van der Waals surface area contributed by atoms with E-state index in [0.717, 1.165) is 16.6 Å². The Balaban J connectivity index is 1.91. The number of fused-ring (bicyclic) bond motifs is 1. The second-order valence-electron chi connectivity index (χ2n) is 6.00. The molecule has 2 aromatic carbocycles. The highest BCUT2D eigenvalue weighted by atomic mass is 16.2. The normalized spacial score (nSPS) is 10.9. The molecule has 2 aromatic heterocycles. The number of benzene rings is 2. The van der Waals surface area contributed by atoms with E-state index in [1.54, 1.807) is 6.07 Å². The van der Waals surface area contributed by atoms with E-state index in [1.165, 1.54) is 11.2 Å². The Labute approximate surface area is 154 Å². The maximum Gasteiger partial charge on any atom is 0.284 e. The van der Waals surface area contributed by atoms with Crippen molar-refractivity contribution in [3.8, 4) is 0 Å². The van der Waals surface area contributed by atoms with E-state index < -0.39 is 11.8 Å². The van der Waals surface area contributed by atoms with Crippen molar-refractivity contribution in [3.63, 3.8) is 0 Å². The Morgan fingerprint density at radius 3 is 2.56 bits per heavy atom. The van der Waals surface area contributed by atoms with E-state index in [4.69, 9.17) is 5.73 Å². The molecule has 4 rings (SSSR count). The number of rotatable bonds is 4. The summed E-state index contributed by atoms with van der Waals surface area (Å²) in [7, 11) is 0. The first kappa shape index (κ1) is 16.5. The SMILES string of the molecule is Cc1ccccc1N(C(=O)c1[nH]cnc1C(N)=O)c1nc2ccccc2[nH]1. The maximum atomic E-state index is 13.3. The summed E-state index contributed by atoms with van der Waals surface area (Å²) < 4.78 is 0. The van der Waals surface area contributed by atoms with Crippen molar-refractivity contribution in [1.82, 2.24) is 19.9 Å². The van der Waals surface area contributed by atoms with Crippen molar-refractivity contribution in [2.45, 2.75) is 6.92 Å². The molecule has 2 heterocycles. The van der Waals surface area contributed by atoms with Crippen molar-refractivity contribution in [2.75, 3.05) is 4.90 Å². The standard InChI is InChI=1S/C19H16N6O2/c1-11-6-2-5-9-14(11)25(18(27)16-15(17(20)26)21-10-22-16)19-23-12-7-3-4-8-13(12)24-19/h2-10H,1H3,(H2,20,26)(H,21,22)(H,23,24). The van der Waals surface area contributed by atoms with Crippen LogP contribution in [0.1, 0.15) is 26.5 Å². The van der Waals surface area contributed by atoms with Gasteiger partial charge in [0.05, 0.1) is 23.0 Å². The fourth-order valence-electron chi connectivity index (χ4n) is 2.94. The Hall–Kier alpha value is -3.94. The number of primary amides is 1. The Morgan fingerprint density at radius 1 is 1.07 bits per heavy atom. The topological polar surface area (TPSA) is 121 Å². The minimum absolute atomic E-state index is 0.00575. The average molecular weight is 360 g/mol. The number of anilines is 2. The number of nitrogens with zero attached hydrogens (tertiary/aromatic N) is 3. The van der Waals surface area contributed by atoms with Gasteiger partial charge < -0.3 is 15.7 Å². The monoisotopic (exact) mass is 360 g/mol. The van der Waals surface area contributed by atoms with Crippen LogP contribution >= 0.6 is 0 Å². The number of amides is 2. The molecular weight excluding hydrogens is 344 g/mol. The number of carbonyl (C=O) groups excluding carboxylic acids is 2. The van der Waals surface area contributed by atoms with Gasteiger partial charge in [0, 0.05) is 0 Å². The largest absolute Gasteiger partial charge is 0.364 e. The highest BCUT2D eigenvalue weighted by Gasteiger charge is 2.28. The molecule has 8 heteroatoms. The second kappa shape index (κ2) is 6.41. The summed E-state index contributed by atoms with van der Waals surface area (Å²) in [6.07, 6.45) is 1.27. The van der Waals surface area contributed by atoms with E-state index in [9.17, 15) is 9.59 Å². The van der Waals surface area contributed by atoms with Crippen LogP contribution in [0.3, 0.4) is 0 Å². The van der Waals surface area contributed by atoms with Gasteiger partial charge in [0.15, 0.2) is 5.69 Å². The molecule has 0 aliphatic heterocycles. The van der Waals surface area contributed by atoms with E-state index in [2.05, 4.69) is 19.9 Å². The van der Waals surface area contributed by atoms with Crippen LogP contribution in [0.5, 0.6) is 0 Å². The molecule has 0 aliphatic rings. The third-order valence-electron chi connectivity index (χ3n) is 4.23. The van der Waals surface area contributed by atoms with E-state index >= 15 is 0 Å². The van der Waals surface area contributed by atoms with Gasteiger partial charge in [0.2, 0.25) is 5.95 Å². The van der Waals surface area contributed by atoms with Gasteiger partial charge in [-0.25, -0.2) is 14.9 Å². The third-order valence-corrected chi connectivity index (χ3v) is 4.23. The van der Waals surface area contributed by atoms with Gasteiger partial charge in [-0.1, -0.05) is 30.3 Å². The first-order valence-corrected chi connectivity index (χ1v) is 8.24. The van der Waals surface area contributed by atoms with Gasteiger partial charge in [-0.15, -0.1) is 0 Å². The lowest BCUT2D eigenvalue weighted by Crippen LogP contribution is -2.30. The van der Waals surface area contributed by atoms with Gasteiger partial charge in [-0.2, -0.15) is 0 Å². The van der Waals surface area contributed by atoms with Crippen LogP contribution in [0.4, 0.5) is 11.6 Å². The van der Waals surface area contributed by atoms with Gasteiger partial charge in [-0.3, -0.25) is 9.59 Å². The average Bonchev–Trinajstić information content (AvgIpc) is 3.30. The third kappa shape index (κ3) is 2.82. The second-order valence-corrected chi connectivity index (χ2v) is 6.00. The summed E-state index contributed by atoms with van der Waals surface area (Å²) in [4.78, 5) is 40.7. The molecule has 0 bridgehead atoms. The zero-order chi connectivity index (χ0) is 19.0. The number of imidazole rings is 2. The number of hydrogen-bond acceptors (Lipinski definition) is 4. The van der Waals surface area contributed by atoms with E-state index in [1.807, 2.05) is 49.4 Å². The molecule has 4 aromatic rings. The van der Waals surface area contributed by atoms with Crippen LogP contribution in [0.15, 0.2) is 54.9 Å². The van der Waals surface area contributed by atoms with Crippen molar-refractivity contribution in [3.05, 3.63) is 71.8 Å². The number of hydrogen-bond donors (Lipinski definition) is 3. The quantitative estimate of drug-likeness (QED) is 0.518. The summed E-state index contributed by atoms with van der Waals surface area (Å²) >= 11 is 0. The van der Waals surface area contributed by atoms with E-state index in [-0.39, 0.29) is 11.4 Å². The highest BCUT2D eigenvalue weighted by Crippen LogP contribution is 2.30. The minimum atomic E-state index is -0.783. The van der Waals surface area contributed by atoms with Gasteiger partial charge in [0.1, 0.15) is 5.69 Å². The fourth-order valence-corrected chi connectivity index (χ4v) is 2.94. The number of aromatic nitrogens is 4. The smallest absolute Gasteiger partial charge is 0.284 e.